The molecule has 7 heteroatoms. The van der Waals surface area contributed by atoms with E-state index in [0.717, 1.165) is 0 Å². The van der Waals surface area contributed by atoms with Crippen LogP contribution in [0.25, 0.3) is 0 Å². The van der Waals surface area contributed by atoms with Crippen molar-refractivity contribution < 1.29 is 19.1 Å². The van der Waals surface area contributed by atoms with Crippen LogP contribution in [0, 0.1) is 0 Å². The summed E-state index contributed by atoms with van der Waals surface area (Å²) in [7, 11) is 2.86. The zero-order chi connectivity index (χ0) is 19.9. The summed E-state index contributed by atoms with van der Waals surface area (Å²) in [5.74, 6) is -0.229. The number of nitrogens with zero attached hydrogens (tertiary/aromatic N) is 1. The van der Waals surface area contributed by atoms with E-state index in [4.69, 9.17) is 9.47 Å². The summed E-state index contributed by atoms with van der Waals surface area (Å²) in [6, 6.07) is 15.7. The van der Waals surface area contributed by atoms with E-state index in [1.807, 2.05) is 6.07 Å². The number of pyridine rings is 1. The molecule has 2 N–H and O–H groups in total. The van der Waals surface area contributed by atoms with Gasteiger partial charge in [-0.15, -0.1) is 0 Å². The second-order valence-corrected chi connectivity index (χ2v) is 5.78. The van der Waals surface area contributed by atoms with Crippen molar-refractivity contribution in [3.63, 3.8) is 0 Å². The third-order valence-electron chi connectivity index (χ3n) is 3.97. The second-order valence-electron chi connectivity index (χ2n) is 5.78. The summed E-state index contributed by atoms with van der Waals surface area (Å²) in [5.41, 5.74) is 2.41. The number of nitrogens with one attached hydrogen (secondary N) is 2. The molecule has 0 atom stereocenters. The molecule has 3 aromatic rings. The van der Waals surface area contributed by atoms with Crippen LogP contribution in [0.2, 0.25) is 0 Å². The Kier molecular flexibility index (Phi) is 5.86. The highest BCUT2D eigenvalue weighted by molar-refractivity contribution is 6.05. The van der Waals surface area contributed by atoms with E-state index >= 15 is 0 Å². The third kappa shape index (κ3) is 4.27. The average molecular weight is 377 g/mol. The van der Waals surface area contributed by atoms with Gasteiger partial charge in [-0.1, -0.05) is 24.3 Å². The Morgan fingerprint density at radius 1 is 0.929 bits per heavy atom. The standard InChI is InChI=1S/C21H19N3O4/c1-27-19-10-6-5-9-18(19)24-20(25)14-11-15(13-22-12-14)23-17-8-4-3-7-16(17)21(26)28-2/h3-13,23H,1-2H3,(H,24,25). The molecule has 0 aliphatic rings. The number of hydrogen-bond acceptors (Lipinski definition) is 6. The zero-order valence-corrected chi connectivity index (χ0v) is 15.4. The first-order valence-corrected chi connectivity index (χ1v) is 8.46. The van der Waals surface area contributed by atoms with Gasteiger partial charge in [0.25, 0.3) is 5.91 Å². The van der Waals surface area contributed by atoms with Crippen LogP contribution in [0.4, 0.5) is 17.1 Å². The third-order valence-corrected chi connectivity index (χ3v) is 3.97. The minimum atomic E-state index is -0.457. The summed E-state index contributed by atoms with van der Waals surface area (Å²) >= 11 is 0. The molecule has 0 unspecified atom stereocenters. The number of hydrogen-bond donors (Lipinski definition) is 2. The largest absolute Gasteiger partial charge is 0.495 e. The minimum absolute atomic E-state index is 0.332. The summed E-state index contributed by atoms with van der Waals surface area (Å²) in [6.07, 6.45) is 3.02. The number of carbonyl (C=O) groups excluding carboxylic acids is 2. The zero-order valence-electron chi connectivity index (χ0n) is 15.4. The molecule has 7 nitrogen and oxygen atoms in total. The smallest absolute Gasteiger partial charge is 0.339 e. The fourth-order valence-electron chi connectivity index (χ4n) is 2.61. The highest BCUT2D eigenvalue weighted by atomic mass is 16.5. The Bertz CT molecular complexity index is 1000. The lowest BCUT2D eigenvalue weighted by molar-refractivity contribution is 0.0601. The number of para-hydroxylation sites is 3. The lowest BCUT2D eigenvalue weighted by Crippen LogP contribution is -2.13. The Labute approximate surface area is 162 Å². The average Bonchev–Trinajstić information content (AvgIpc) is 2.74. The number of esters is 1. The molecule has 0 radical (unpaired) electrons. The highest BCUT2D eigenvalue weighted by Gasteiger charge is 2.13. The van der Waals surface area contributed by atoms with E-state index in [1.165, 1.54) is 20.4 Å². The summed E-state index contributed by atoms with van der Waals surface area (Å²) < 4.78 is 10.0. The van der Waals surface area contributed by atoms with Crippen molar-refractivity contribution in [3.8, 4) is 5.75 Å². The molecule has 1 amide bonds. The van der Waals surface area contributed by atoms with Crippen LogP contribution < -0.4 is 15.4 Å². The maximum atomic E-state index is 12.6. The highest BCUT2D eigenvalue weighted by Crippen LogP contribution is 2.25. The Morgan fingerprint density at radius 2 is 1.64 bits per heavy atom. The monoisotopic (exact) mass is 377 g/mol. The van der Waals surface area contributed by atoms with Crippen molar-refractivity contribution >= 4 is 28.9 Å². The maximum absolute atomic E-state index is 12.6. The molecule has 28 heavy (non-hydrogen) atoms. The molecule has 2 aromatic carbocycles. The molecule has 0 saturated carbocycles. The first-order chi connectivity index (χ1) is 13.6. The molecule has 0 saturated heterocycles. The molecule has 0 spiro atoms. The van der Waals surface area contributed by atoms with E-state index in [9.17, 15) is 9.59 Å². The van der Waals surface area contributed by atoms with Gasteiger partial charge in [-0.25, -0.2) is 4.79 Å². The van der Waals surface area contributed by atoms with Gasteiger partial charge in [0.05, 0.1) is 48.6 Å². The van der Waals surface area contributed by atoms with Crippen molar-refractivity contribution in [3.05, 3.63) is 78.1 Å². The van der Waals surface area contributed by atoms with Crippen molar-refractivity contribution in [2.45, 2.75) is 0 Å². The van der Waals surface area contributed by atoms with Crippen LogP contribution in [0.1, 0.15) is 20.7 Å². The second kappa shape index (κ2) is 8.68. The normalized spacial score (nSPS) is 10.1. The first-order valence-electron chi connectivity index (χ1n) is 8.46. The van der Waals surface area contributed by atoms with Crippen LogP contribution >= 0.6 is 0 Å². The quantitative estimate of drug-likeness (QED) is 0.634. The van der Waals surface area contributed by atoms with E-state index in [0.29, 0.717) is 33.9 Å². The van der Waals surface area contributed by atoms with Gasteiger partial charge in [0.15, 0.2) is 0 Å². The fourth-order valence-corrected chi connectivity index (χ4v) is 2.61. The van der Waals surface area contributed by atoms with E-state index in [-0.39, 0.29) is 5.91 Å². The van der Waals surface area contributed by atoms with Gasteiger partial charge >= 0.3 is 5.97 Å². The predicted molar refractivity (Wildman–Crippen MR) is 106 cm³/mol. The predicted octanol–water partition coefficient (Wildman–Crippen LogP) is 3.87. The van der Waals surface area contributed by atoms with Gasteiger partial charge in [-0.3, -0.25) is 9.78 Å². The van der Waals surface area contributed by atoms with Crippen LogP contribution in [0.3, 0.4) is 0 Å². The lowest BCUT2D eigenvalue weighted by Gasteiger charge is -2.12. The van der Waals surface area contributed by atoms with E-state index < -0.39 is 5.97 Å². The number of rotatable bonds is 6. The van der Waals surface area contributed by atoms with Gasteiger partial charge in [-0.2, -0.15) is 0 Å². The van der Waals surface area contributed by atoms with Gasteiger partial charge in [0.2, 0.25) is 0 Å². The van der Waals surface area contributed by atoms with Crippen LogP contribution in [-0.4, -0.2) is 31.1 Å². The van der Waals surface area contributed by atoms with Crippen molar-refractivity contribution in [1.29, 1.82) is 0 Å². The number of ether oxygens (including phenoxy) is 2. The molecule has 142 valence electrons. The molecule has 0 fully saturated rings. The number of carbonyl (C=O) groups is 2. The van der Waals surface area contributed by atoms with Gasteiger partial charge in [0, 0.05) is 6.20 Å². The minimum Gasteiger partial charge on any atom is -0.495 e. The number of anilines is 3. The maximum Gasteiger partial charge on any atom is 0.339 e. The van der Waals surface area contributed by atoms with Gasteiger partial charge < -0.3 is 20.1 Å². The van der Waals surface area contributed by atoms with Crippen molar-refractivity contribution in [2.24, 2.45) is 0 Å². The Hall–Kier alpha value is -3.87. The molecular weight excluding hydrogens is 358 g/mol. The van der Waals surface area contributed by atoms with Crippen LogP contribution in [-0.2, 0) is 4.74 Å². The van der Waals surface area contributed by atoms with E-state index in [1.54, 1.807) is 54.7 Å². The van der Waals surface area contributed by atoms with Gasteiger partial charge in [-0.05, 0) is 30.3 Å². The number of amides is 1. The summed E-state index contributed by atoms with van der Waals surface area (Å²) in [4.78, 5) is 28.6. The first kappa shape index (κ1) is 18.9. The fraction of sp³-hybridized carbons (Fsp3) is 0.0952. The Balaban J connectivity index is 1.81. The molecule has 0 aliphatic heterocycles. The van der Waals surface area contributed by atoms with Crippen LogP contribution in [0.5, 0.6) is 5.75 Å². The number of aromatic nitrogens is 1. The topological polar surface area (TPSA) is 89.5 Å². The number of methoxy groups -OCH3 is 2. The molecule has 0 bridgehead atoms. The van der Waals surface area contributed by atoms with E-state index in [2.05, 4.69) is 15.6 Å². The molecule has 0 aliphatic carbocycles. The molecule has 3 rings (SSSR count). The van der Waals surface area contributed by atoms with Crippen LogP contribution in [0.15, 0.2) is 67.0 Å². The lowest BCUT2D eigenvalue weighted by atomic mass is 10.1. The SMILES string of the molecule is COC(=O)c1ccccc1Nc1cncc(C(=O)Nc2ccccc2OC)c1. The Morgan fingerprint density at radius 3 is 2.39 bits per heavy atom. The van der Waals surface area contributed by atoms with Gasteiger partial charge in [0.1, 0.15) is 5.75 Å². The van der Waals surface area contributed by atoms with Crippen molar-refractivity contribution in [1.82, 2.24) is 4.98 Å². The van der Waals surface area contributed by atoms with Crippen molar-refractivity contribution in [2.75, 3.05) is 24.9 Å². The number of benzene rings is 2. The summed E-state index contributed by atoms with van der Waals surface area (Å²) in [6.45, 7) is 0. The molecule has 1 heterocycles. The molecular formula is C21H19N3O4. The summed E-state index contributed by atoms with van der Waals surface area (Å²) in [5, 5.41) is 5.90. The molecule has 1 aromatic heterocycles.